The lowest BCUT2D eigenvalue weighted by Crippen LogP contribution is -2.16. The molecule has 0 saturated carbocycles. The van der Waals surface area contributed by atoms with Gasteiger partial charge in [0.05, 0.1) is 19.6 Å². The highest BCUT2D eigenvalue weighted by molar-refractivity contribution is 5.88. The standard InChI is InChI=1S/C22H22O8/c1-24-17-6-12-5-16(30-22(23)15(12)10-18(17)25-2)14-9-20-19(28-11-29-20)7-13(14)8-21(26-3)27-4/h5-7,9-10,21H,8,11H2,1-4H3. The number of rotatable bonds is 7. The van der Waals surface area contributed by atoms with Gasteiger partial charge in [0.2, 0.25) is 6.79 Å². The zero-order chi connectivity index (χ0) is 21.3. The highest BCUT2D eigenvalue weighted by atomic mass is 16.7. The molecule has 4 rings (SSSR count). The van der Waals surface area contributed by atoms with Crippen molar-refractivity contribution < 1.29 is 32.8 Å². The first-order valence-electron chi connectivity index (χ1n) is 9.26. The van der Waals surface area contributed by atoms with E-state index >= 15 is 0 Å². The number of benzene rings is 2. The Hall–Kier alpha value is -3.23. The van der Waals surface area contributed by atoms with Gasteiger partial charge in [-0.05, 0) is 41.3 Å². The van der Waals surface area contributed by atoms with E-state index in [-0.39, 0.29) is 6.79 Å². The molecule has 1 aliphatic rings. The largest absolute Gasteiger partial charge is 0.493 e. The fourth-order valence-electron chi connectivity index (χ4n) is 3.47. The maximum absolute atomic E-state index is 12.8. The van der Waals surface area contributed by atoms with Crippen LogP contribution in [0.2, 0.25) is 0 Å². The summed E-state index contributed by atoms with van der Waals surface area (Å²) in [5, 5.41) is 1.06. The van der Waals surface area contributed by atoms with Crippen molar-refractivity contribution >= 4 is 10.8 Å². The Morgan fingerprint density at radius 3 is 2.23 bits per heavy atom. The molecule has 158 valence electrons. The van der Waals surface area contributed by atoms with E-state index in [2.05, 4.69) is 0 Å². The first-order valence-corrected chi connectivity index (χ1v) is 9.26. The summed E-state index contributed by atoms with van der Waals surface area (Å²) in [5.74, 6) is 2.56. The predicted molar refractivity (Wildman–Crippen MR) is 109 cm³/mol. The highest BCUT2D eigenvalue weighted by Gasteiger charge is 2.22. The molecule has 1 aromatic heterocycles. The van der Waals surface area contributed by atoms with Crippen LogP contribution in [0.5, 0.6) is 23.0 Å². The van der Waals surface area contributed by atoms with Crippen LogP contribution < -0.4 is 24.6 Å². The molecule has 0 fully saturated rings. The molecule has 8 heteroatoms. The second-order valence-corrected chi connectivity index (χ2v) is 6.66. The smallest absolute Gasteiger partial charge is 0.344 e. The van der Waals surface area contributed by atoms with Crippen LogP contribution in [-0.4, -0.2) is 41.5 Å². The molecule has 0 saturated heterocycles. The van der Waals surface area contributed by atoms with E-state index in [0.29, 0.717) is 51.5 Å². The fraction of sp³-hybridized carbons (Fsp3) is 0.318. The van der Waals surface area contributed by atoms with Gasteiger partial charge < -0.3 is 32.8 Å². The number of fused-ring (bicyclic) bond motifs is 2. The SMILES string of the molecule is COc1cc2cc(-c3cc4c(cc3CC(OC)OC)OCO4)oc(=O)c2cc1OC. The lowest BCUT2D eigenvalue weighted by atomic mass is 9.99. The minimum atomic E-state index is -0.484. The first kappa shape index (κ1) is 20.1. The Bertz CT molecular complexity index is 1130. The van der Waals surface area contributed by atoms with Crippen molar-refractivity contribution in [3.63, 3.8) is 0 Å². The zero-order valence-electron chi connectivity index (χ0n) is 17.1. The summed E-state index contributed by atoms with van der Waals surface area (Å²) in [7, 11) is 6.19. The molecule has 0 aliphatic carbocycles. The van der Waals surface area contributed by atoms with Gasteiger partial charge in [-0.25, -0.2) is 4.79 Å². The van der Waals surface area contributed by atoms with Crippen molar-refractivity contribution in [2.24, 2.45) is 0 Å². The molecule has 0 unspecified atom stereocenters. The molecule has 0 radical (unpaired) electrons. The molecule has 8 nitrogen and oxygen atoms in total. The molecule has 3 aromatic rings. The second kappa shape index (κ2) is 8.25. The van der Waals surface area contributed by atoms with Gasteiger partial charge in [-0.3, -0.25) is 0 Å². The summed E-state index contributed by atoms with van der Waals surface area (Å²) in [5.41, 5.74) is 1.03. The van der Waals surface area contributed by atoms with E-state index in [1.807, 2.05) is 6.07 Å². The van der Waals surface area contributed by atoms with E-state index in [0.717, 1.165) is 5.56 Å². The maximum Gasteiger partial charge on any atom is 0.344 e. The maximum atomic E-state index is 12.8. The van der Waals surface area contributed by atoms with Gasteiger partial charge >= 0.3 is 5.63 Å². The summed E-state index contributed by atoms with van der Waals surface area (Å²) in [4.78, 5) is 12.8. The van der Waals surface area contributed by atoms with E-state index < -0.39 is 11.9 Å². The quantitative estimate of drug-likeness (QED) is 0.544. The van der Waals surface area contributed by atoms with Gasteiger partial charge in [-0.2, -0.15) is 0 Å². The average molecular weight is 414 g/mol. The van der Waals surface area contributed by atoms with Crippen LogP contribution in [0.15, 0.2) is 39.5 Å². The van der Waals surface area contributed by atoms with Gasteiger partial charge in [-0.15, -0.1) is 0 Å². The molecular formula is C22H22O8. The molecule has 0 bridgehead atoms. The summed E-state index contributed by atoms with van der Waals surface area (Å²) in [6.45, 7) is 0.134. The summed E-state index contributed by atoms with van der Waals surface area (Å²) in [6, 6.07) is 8.78. The Balaban J connectivity index is 1.89. The Labute approximate surface area is 172 Å². The average Bonchev–Trinajstić information content (AvgIpc) is 3.23. The van der Waals surface area contributed by atoms with Gasteiger partial charge in [0.15, 0.2) is 29.3 Å². The third-order valence-electron chi connectivity index (χ3n) is 5.04. The molecule has 30 heavy (non-hydrogen) atoms. The summed E-state index contributed by atoms with van der Waals surface area (Å²) >= 11 is 0. The van der Waals surface area contributed by atoms with E-state index in [1.54, 1.807) is 45.6 Å². The van der Waals surface area contributed by atoms with Crippen LogP contribution in [0.3, 0.4) is 0 Å². The van der Waals surface area contributed by atoms with Gasteiger partial charge in [0.25, 0.3) is 0 Å². The molecule has 2 aromatic carbocycles. The lowest BCUT2D eigenvalue weighted by Gasteiger charge is -2.16. The first-order chi connectivity index (χ1) is 14.6. The van der Waals surface area contributed by atoms with Crippen molar-refractivity contribution in [3.8, 4) is 34.3 Å². The summed E-state index contributed by atoms with van der Waals surface area (Å²) < 4.78 is 38.0. The van der Waals surface area contributed by atoms with Crippen molar-refractivity contribution in [1.82, 2.24) is 0 Å². The molecule has 2 heterocycles. The van der Waals surface area contributed by atoms with Crippen molar-refractivity contribution in [1.29, 1.82) is 0 Å². The number of methoxy groups -OCH3 is 4. The van der Waals surface area contributed by atoms with Crippen molar-refractivity contribution in [2.75, 3.05) is 35.2 Å². The zero-order valence-corrected chi connectivity index (χ0v) is 17.1. The molecule has 1 aliphatic heterocycles. The van der Waals surface area contributed by atoms with E-state index in [9.17, 15) is 4.79 Å². The van der Waals surface area contributed by atoms with Crippen LogP contribution in [0, 0.1) is 0 Å². The van der Waals surface area contributed by atoms with Crippen LogP contribution in [0.1, 0.15) is 5.56 Å². The number of hydrogen-bond acceptors (Lipinski definition) is 8. The Morgan fingerprint density at radius 1 is 0.900 bits per heavy atom. The molecule has 0 N–H and O–H groups in total. The minimum Gasteiger partial charge on any atom is -0.493 e. The monoisotopic (exact) mass is 414 g/mol. The number of ether oxygens (including phenoxy) is 6. The van der Waals surface area contributed by atoms with Crippen LogP contribution in [-0.2, 0) is 15.9 Å². The topological polar surface area (TPSA) is 85.6 Å². The molecular weight excluding hydrogens is 392 g/mol. The van der Waals surface area contributed by atoms with Gasteiger partial charge in [0, 0.05) is 26.2 Å². The van der Waals surface area contributed by atoms with Crippen molar-refractivity contribution in [3.05, 3.63) is 46.3 Å². The Kier molecular flexibility index (Phi) is 5.52. The third kappa shape index (κ3) is 3.55. The summed E-state index contributed by atoms with van der Waals surface area (Å²) in [6.07, 6.45) is -0.0483. The van der Waals surface area contributed by atoms with Gasteiger partial charge in [0.1, 0.15) is 5.76 Å². The number of hydrogen-bond donors (Lipinski definition) is 0. The minimum absolute atomic E-state index is 0.134. The van der Waals surface area contributed by atoms with E-state index in [4.69, 9.17) is 32.8 Å². The van der Waals surface area contributed by atoms with Crippen molar-refractivity contribution in [2.45, 2.75) is 12.7 Å². The van der Waals surface area contributed by atoms with Crippen LogP contribution in [0.4, 0.5) is 0 Å². The fourth-order valence-corrected chi connectivity index (χ4v) is 3.47. The molecule has 0 spiro atoms. The molecule has 0 amide bonds. The normalized spacial score (nSPS) is 12.6. The second-order valence-electron chi connectivity index (χ2n) is 6.66. The predicted octanol–water partition coefficient (Wildman–Crippen LogP) is 3.37. The molecule has 0 atom stereocenters. The third-order valence-corrected chi connectivity index (χ3v) is 5.04. The lowest BCUT2D eigenvalue weighted by molar-refractivity contribution is -0.100. The van der Waals surface area contributed by atoms with Crippen LogP contribution >= 0.6 is 0 Å². The highest BCUT2D eigenvalue weighted by Crippen LogP contribution is 2.40. The van der Waals surface area contributed by atoms with Gasteiger partial charge in [-0.1, -0.05) is 0 Å². The Morgan fingerprint density at radius 2 is 1.57 bits per heavy atom. The van der Waals surface area contributed by atoms with Crippen LogP contribution in [0.25, 0.3) is 22.1 Å². The van der Waals surface area contributed by atoms with E-state index in [1.165, 1.54) is 7.11 Å².